The smallest absolute Gasteiger partial charge is 0.273 e. The number of carbonyl (C=O) groups excluding carboxylic acids is 3. The molecule has 1 aromatic carbocycles. The van der Waals surface area contributed by atoms with Crippen molar-refractivity contribution >= 4 is 34.3 Å². The Balaban J connectivity index is 1.66. The minimum absolute atomic E-state index is 0.0574. The Morgan fingerprint density at radius 2 is 1.69 bits per heavy atom. The van der Waals surface area contributed by atoms with E-state index in [2.05, 4.69) is 10.6 Å². The summed E-state index contributed by atoms with van der Waals surface area (Å²) in [5, 5.41) is 6.51. The molecule has 1 aromatic heterocycles. The maximum atomic E-state index is 14.3. The second kappa shape index (κ2) is 9.28. The lowest BCUT2D eigenvalue weighted by Gasteiger charge is -2.48. The molecule has 3 amide bonds. The minimum Gasteiger partial charge on any atom is -0.351 e. The Morgan fingerprint density at radius 1 is 1.03 bits per heavy atom. The quantitative estimate of drug-likeness (QED) is 0.618. The van der Waals surface area contributed by atoms with Gasteiger partial charge in [-0.2, -0.15) is 0 Å². The number of hydrogen-bond acceptors (Lipinski definition) is 3. The molecule has 7 nitrogen and oxygen atoms in total. The average Bonchev–Trinajstić information content (AvgIpc) is 3.31. The molecule has 0 saturated heterocycles. The van der Waals surface area contributed by atoms with Crippen LogP contribution in [0.4, 0.5) is 10.1 Å². The van der Waals surface area contributed by atoms with E-state index in [-0.39, 0.29) is 36.3 Å². The maximum absolute atomic E-state index is 14.3. The number of nitrogens with zero attached hydrogens (tertiary/aromatic N) is 2. The summed E-state index contributed by atoms with van der Waals surface area (Å²) in [6.45, 7) is 3.51. The zero-order chi connectivity index (χ0) is 24.7. The van der Waals surface area contributed by atoms with Crippen LogP contribution in [0.5, 0.6) is 0 Å². The first-order chi connectivity index (χ1) is 16.8. The number of amides is 3. The maximum Gasteiger partial charge on any atom is 0.273 e. The van der Waals surface area contributed by atoms with E-state index in [9.17, 15) is 18.8 Å². The number of benzene rings is 1. The number of nitrogens with one attached hydrogen (secondary N) is 2. The molecule has 2 fully saturated rings. The lowest BCUT2D eigenvalue weighted by Crippen LogP contribution is -2.67. The van der Waals surface area contributed by atoms with E-state index in [1.807, 2.05) is 11.5 Å². The van der Waals surface area contributed by atoms with Crippen LogP contribution in [0.2, 0.25) is 0 Å². The third-order valence-electron chi connectivity index (χ3n) is 8.11. The van der Waals surface area contributed by atoms with Crippen LogP contribution in [0.3, 0.4) is 0 Å². The number of anilines is 1. The SMILES string of the molecule is CC(=O)Nc1c2n(c3ccc(F)cc13)C[C@](C)(C(=O)NC1CCCC1)N(C1CCCCCC1)C2=O. The van der Waals surface area contributed by atoms with E-state index >= 15 is 0 Å². The average molecular weight is 483 g/mol. The van der Waals surface area contributed by atoms with Gasteiger partial charge in [-0.05, 0) is 50.8 Å². The zero-order valence-electron chi connectivity index (χ0n) is 20.7. The lowest BCUT2D eigenvalue weighted by atomic mass is 9.90. The fourth-order valence-electron chi connectivity index (χ4n) is 6.42. The van der Waals surface area contributed by atoms with Crippen molar-refractivity contribution in [2.75, 3.05) is 5.32 Å². The summed E-state index contributed by atoms with van der Waals surface area (Å²) in [5.74, 6) is -1.17. The van der Waals surface area contributed by atoms with Gasteiger partial charge in [0.25, 0.3) is 5.91 Å². The van der Waals surface area contributed by atoms with Gasteiger partial charge in [0.2, 0.25) is 11.8 Å². The first kappa shape index (κ1) is 23.8. The molecular formula is C27H35FN4O3. The number of fused-ring (bicyclic) bond motifs is 3. The highest BCUT2D eigenvalue weighted by molar-refractivity contribution is 6.14. The van der Waals surface area contributed by atoms with Gasteiger partial charge >= 0.3 is 0 Å². The van der Waals surface area contributed by atoms with E-state index in [4.69, 9.17) is 0 Å². The molecule has 2 aromatic rings. The number of aromatic nitrogens is 1. The number of hydrogen-bond donors (Lipinski definition) is 2. The van der Waals surface area contributed by atoms with E-state index in [0.717, 1.165) is 64.2 Å². The van der Waals surface area contributed by atoms with Crippen LogP contribution in [0.15, 0.2) is 18.2 Å². The molecule has 0 bridgehead atoms. The summed E-state index contributed by atoms with van der Waals surface area (Å²) in [4.78, 5) is 42.1. The normalized spacial score (nSPS) is 23.9. The molecule has 1 aliphatic heterocycles. The highest BCUT2D eigenvalue weighted by Crippen LogP contribution is 2.41. The van der Waals surface area contributed by atoms with Crippen LogP contribution in [-0.4, -0.2) is 44.8 Å². The van der Waals surface area contributed by atoms with E-state index in [1.165, 1.54) is 19.1 Å². The highest BCUT2D eigenvalue weighted by atomic mass is 19.1. The van der Waals surface area contributed by atoms with Crippen molar-refractivity contribution in [2.24, 2.45) is 0 Å². The van der Waals surface area contributed by atoms with Gasteiger partial charge in [-0.3, -0.25) is 14.4 Å². The second-order valence-electron chi connectivity index (χ2n) is 10.7. The first-order valence-electron chi connectivity index (χ1n) is 13.0. The summed E-state index contributed by atoms with van der Waals surface area (Å²) < 4.78 is 16.1. The topological polar surface area (TPSA) is 83.4 Å². The van der Waals surface area contributed by atoms with Gasteiger partial charge in [0.1, 0.15) is 17.1 Å². The van der Waals surface area contributed by atoms with Gasteiger partial charge < -0.3 is 20.1 Å². The summed E-state index contributed by atoms with van der Waals surface area (Å²) in [6.07, 6.45) is 10.1. The Labute approximate surface area is 205 Å². The Kier molecular flexibility index (Phi) is 6.32. The van der Waals surface area contributed by atoms with Crippen LogP contribution < -0.4 is 10.6 Å². The molecule has 188 valence electrons. The monoisotopic (exact) mass is 482 g/mol. The van der Waals surface area contributed by atoms with Crippen molar-refractivity contribution in [3.8, 4) is 0 Å². The summed E-state index contributed by atoms with van der Waals surface area (Å²) in [7, 11) is 0. The number of carbonyl (C=O) groups is 3. The Bertz CT molecular complexity index is 1160. The van der Waals surface area contributed by atoms with Gasteiger partial charge in [-0.25, -0.2) is 4.39 Å². The van der Waals surface area contributed by atoms with Crippen molar-refractivity contribution in [3.05, 3.63) is 29.7 Å². The van der Waals surface area contributed by atoms with Crippen LogP contribution in [0.1, 0.15) is 88.5 Å². The van der Waals surface area contributed by atoms with Crippen molar-refractivity contribution in [1.82, 2.24) is 14.8 Å². The summed E-state index contributed by atoms with van der Waals surface area (Å²) in [5.41, 5.74) is 0.208. The van der Waals surface area contributed by atoms with Gasteiger partial charge in [-0.1, -0.05) is 38.5 Å². The standard InChI is InChI=1S/C27H35FN4O3/c1-17(33)29-23-21-15-18(28)13-14-22(21)31-16-27(2,26(35)30-19-9-7-8-10-19)32(25(34)24(23)31)20-11-5-3-4-6-12-20/h13-15,19-20H,3-12,16H2,1-2H3,(H,29,33)(H,30,35)/t27-/m1/s1. The molecule has 1 atom stereocenters. The fraction of sp³-hybridized carbons (Fsp3) is 0.593. The Hall–Kier alpha value is -2.90. The van der Waals surface area contributed by atoms with Gasteiger partial charge in [0.05, 0.1) is 17.7 Å². The van der Waals surface area contributed by atoms with Crippen molar-refractivity contribution in [3.63, 3.8) is 0 Å². The zero-order valence-corrected chi connectivity index (χ0v) is 20.7. The fourth-order valence-corrected chi connectivity index (χ4v) is 6.42. The van der Waals surface area contributed by atoms with Crippen molar-refractivity contribution in [1.29, 1.82) is 0 Å². The second-order valence-corrected chi connectivity index (χ2v) is 10.7. The van der Waals surface area contributed by atoms with Crippen molar-refractivity contribution < 1.29 is 18.8 Å². The minimum atomic E-state index is -1.09. The van der Waals surface area contributed by atoms with Crippen LogP contribution in [0, 0.1) is 5.82 Å². The third-order valence-corrected chi connectivity index (χ3v) is 8.11. The molecular weight excluding hydrogens is 447 g/mol. The molecule has 2 aliphatic carbocycles. The van der Waals surface area contributed by atoms with Crippen LogP contribution >= 0.6 is 0 Å². The predicted molar refractivity (Wildman–Crippen MR) is 133 cm³/mol. The van der Waals surface area contributed by atoms with Crippen LogP contribution in [0.25, 0.3) is 10.9 Å². The molecule has 2 saturated carbocycles. The molecule has 8 heteroatoms. The molecule has 3 aliphatic rings. The van der Waals surface area contributed by atoms with Gasteiger partial charge in [0, 0.05) is 24.4 Å². The van der Waals surface area contributed by atoms with Crippen LogP contribution in [-0.2, 0) is 16.1 Å². The summed E-state index contributed by atoms with van der Waals surface area (Å²) >= 11 is 0. The highest BCUT2D eigenvalue weighted by Gasteiger charge is 2.51. The Morgan fingerprint density at radius 3 is 2.34 bits per heavy atom. The number of rotatable bonds is 4. The van der Waals surface area contributed by atoms with Gasteiger partial charge in [-0.15, -0.1) is 0 Å². The molecule has 2 N–H and O–H groups in total. The molecule has 5 rings (SSSR count). The van der Waals surface area contributed by atoms with Crippen molar-refractivity contribution in [2.45, 2.75) is 102 Å². The molecule has 0 radical (unpaired) electrons. The molecule has 35 heavy (non-hydrogen) atoms. The third kappa shape index (κ3) is 4.21. The van der Waals surface area contributed by atoms with E-state index < -0.39 is 11.4 Å². The molecule has 0 spiro atoms. The largest absolute Gasteiger partial charge is 0.351 e. The van der Waals surface area contributed by atoms with E-state index in [0.29, 0.717) is 22.3 Å². The molecule has 2 heterocycles. The lowest BCUT2D eigenvalue weighted by molar-refractivity contribution is -0.135. The molecule has 0 unspecified atom stereocenters. The predicted octanol–water partition coefficient (Wildman–Crippen LogP) is 4.73. The summed E-state index contributed by atoms with van der Waals surface area (Å²) in [6, 6.07) is 4.41. The van der Waals surface area contributed by atoms with Gasteiger partial charge in [0.15, 0.2) is 0 Å². The number of halogens is 1. The van der Waals surface area contributed by atoms with E-state index in [1.54, 1.807) is 11.0 Å². The first-order valence-corrected chi connectivity index (χ1v) is 13.0.